The summed E-state index contributed by atoms with van der Waals surface area (Å²) in [6, 6.07) is 6.94. The van der Waals surface area contributed by atoms with E-state index in [1.165, 1.54) is 0 Å². The maximum absolute atomic E-state index is 11.2. The number of carbonyl (C=O) groups is 2. The first-order valence-electron chi connectivity index (χ1n) is 4.66. The Kier molecular flexibility index (Phi) is 2.41. The summed E-state index contributed by atoms with van der Waals surface area (Å²) in [5, 5.41) is 2.62. The third kappa shape index (κ3) is 1.70. The lowest BCUT2D eigenvalue weighted by Gasteiger charge is -2.16. The minimum absolute atomic E-state index is 0.199. The Morgan fingerprint density at radius 2 is 2.07 bits per heavy atom. The largest absolute Gasteiger partial charge is 0.335 e. The van der Waals surface area contributed by atoms with Gasteiger partial charge in [-0.2, -0.15) is 0 Å². The highest BCUT2D eigenvalue weighted by Crippen LogP contribution is 2.22. The second-order valence-corrected chi connectivity index (χ2v) is 3.46. The summed E-state index contributed by atoms with van der Waals surface area (Å²) in [4.78, 5) is 23.1. The van der Waals surface area contributed by atoms with Crippen LogP contribution in [0.25, 0.3) is 0 Å². The van der Waals surface area contributed by atoms with Gasteiger partial charge in [0.25, 0.3) is 0 Å². The molecule has 1 atom stereocenters. The van der Waals surface area contributed by atoms with Crippen molar-refractivity contribution in [2.45, 2.75) is 6.04 Å². The Morgan fingerprint density at radius 3 is 2.67 bits per heavy atom. The van der Waals surface area contributed by atoms with Crippen molar-refractivity contribution in [3.8, 4) is 0 Å². The van der Waals surface area contributed by atoms with Crippen molar-refractivity contribution >= 4 is 12.4 Å². The van der Waals surface area contributed by atoms with Crippen LogP contribution in [0.15, 0.2) is 24.3 Å². The molecule has 0 aromatic heterocycles. The van der Waals surface area contributed by atoms with Crippen molar-refractivity contribution in [3.05, 3.63) is 42.3 Å². The van der Waals surface area contributed by atoms with Crippen molar-refractivity contribution in [1.82, 2.24) is 10.2 Å². The molecule has 1 aliphatic rings. The molecule has 4 heteroatoms. The molecule has 3 amide bonds. The maximum atomic E-state index is 11.2. The van der Waals surface area contributed by atoms with Crippen LogP contribution in [-0.2, 0) is 4.79 Å². The minimum atomic E-state index is -0.339. The number of carbonyl (C=O) groups excluding carboxylic acids is 2. The van der Waals surface area contributed by atoms with Crippen LogP contribution < -0.4 is 5.32 Å². The number of nitrogens with zero attached hydrogens (tertiary/aromatic N) is 1. The van der Waals surface area contributed by atoms with Gasteiger partial charge in [0, 0.05) is 6.54 Å². The van der Waals surface area contributed by atoms with E-state index in [1.807, 2.05) is 24.3 Å². The predicted molar refractivity (Wildman–Crippen MR) is 54.9 cm³/mol. The third-order valence-electron chi connectivity index (χ3n) is 2.49. The van der Waals surface area contributed by atoms with E-state index < -0.39 is 0 Å². The summed E-state index contributed by atoms with van der Waals surface area (Å²) in [6.45, 7) is 4.24. The second kappa shape index (κ2) is 3.73. The fourth-order valence-electron chi connectivity index (χ4n) is 1.65. The number of benzene rings is 1. The molecule has 1 heterocycles. The summed E-state index contributed by atoms with van der Waals surface area (Å²) < 4.78 is 0. The molecule has 0 spiro atoms. The zero-order valence-electron chi connectivity index (χ0n) is 8.14. The standard InChI is InChI=1S/C11H11N2O2/c1-8-2-4-9(5-3-8)10-6-12-11(15)13(10)7-14/h2-5,7,10H,1,6H2,(H,12,15). The third-order valence-corrected chi connectivity index (χ3v) is 2.49. The lowest BCUT2D eigenvalue weighted by molar-refractivity contribution is -0.116. The number of hydrogen-bond acceptors (Lipinski definition) is 2. The minimum Gasteiger partial charge on any atom is -0.335 e. The summed E-state index contributed by atoms with van der Waals surface area (Å²) >= 11 is 0. The summed E-state index contributed by atoms with van der Waals surface area (Å²) in [7, 11) is 0. The average Bonchev–Trinajstić information content (AvgIpc) is 2.61. The van der Waals surface area contributed by atoms with Crippen LogP contribution in [-0.4, -0.2) is 23.9 Å². The van der Waals surface area contributed by atoms with Crippen molar-refractivity contribution in [3.63, 3.8) is 0 Å². The molecule has 77 valence electrons. The Balaban J connectivity index is 2.27. The maximum Gasteiger partial charge on any atom is 0.324 e. The monoisotopic (exact) mass is 203 g/mol. The van der Waals surface area contributed by atoms with E-state index in [1.54, 1.807) is 0 Å². The predicted octanol–water partition coefficient (Wildman–Crippen LogP) is 1.09. The number of amides is 3. The highest BCUT2D eigenvalue weighted by molar-refractivity contribution is 5.87. The topological polar surface area (TPSA) is 49.4 Å². The molecule has 1 N–H and O–H groups in total. The Morgan fingerprint density at radius 1 is 1.40 bits per heavy atom. The van der Waals surface area contributed by atoms with Gasteiger partial charge in [-0.05, 0) is 18.1 Å². The first-order chi connectivity index (χ1) is 7.22. The van der Waals surface area contributed by atoms with Gasteiger partial charge in [0.2, 0.25) is 6.41 Å². The normalized spacial score (nSPS) is 20.2. The molecule has 1 fully saturated rings. The van der Waals surface area contributed by atoms with Gasteiger partial charge in [0.1, 0.15) is 0 Å². The van der Waals surface area contributed by atoms with Crippen LogP contribution in [0.5, 0.6) is 0 Å². The smallest absolute Gasteiger partial charge is 0.324 e. The molecule has 0 saturated carbocycles. The fraction of sp³-hybridized carbons (Fsp3) is 0.182. The van der Waals surface area contributed by atoms with Gasteiger partial charge in [-0.3, -0.25) is 9.69 Å². The average molecular weight is 203 g/mol. The van der Waals surface area contributed by atoms with Gasteiger partial charge >= 0.3 is 6.03 Å². The molecule has 1 aromatic carbocycles. The molecule has 0 aliphatic carbocycles. The van der Waals surface area contributed by atoms with Crippen LogP contribution in [0.4, 0.5) is 4.79 Å². The van der Waals surface area contributed by atoms with Crippen molar-refractivity contribution < 1.29 is 9.59 Å². The lowest BCUT2D eigenvalue weighted by atomic mass is 10.1. The Labute approximate surface area is 87.9 Å². The summed E-state index contributed by atoms with van der Waals surface area (Å²) in [5.74, 6) is 0. The highest BCUT2D eigenvalue weighted by atomic mass is 16.2. The Bertz CT molecular complexity index is 386. The number of nitrogens with one attached hydrogen (secondary N) is 1. The van der Waals surface area contributed by atoms with E-state index in [2.05, 4.69) is 12.2 Å². The van der Waals surface area contributed by atoms with Crippen LogP contribution >= 0.6 is 0 Å². The number of imide groups is 1. The molecule has 1 aromatic rings. The van der Waals surface area contributed by atoms with Crippen molar-refractivity contribution in [2.24, 2.45) is 0 Å². The number of rotatable bonds is 2. The number of urea groups is 1. The first-order valence-corrected chi connectivity index (χ1v) is 4.66. The van der Waals surface area contributed by atoms with Crippen LogP contribution in [0, 0.1) is 6.92 Å². The van der Waals surface area contributed by atoms with E-state index >= 15 is 0 Å². The van der Waals surface area contributed by atoms with E-state index in [0.29, 0.717) is 13.0 Å². The molecule has 15 heavy (non-hydrogen) atoms. The van der Waals surface area contributed by atoms with Crippen molar-refractivity contribution in [2.75, 3.05) is 6.54 Å². The summed E-state index contributed by atoms with van der Waals surface area (Å²) in [6.07, 6.45) is 0.561. The number of hydrogen-bond donors (Lipinski definition) is 1. The summed E-state index contributed by atoms with van der Waals surface area (Å²) in [5.41, 5.74) is 1.85. The molecule has 4 nitrogen and oxygen atoms in total. The van der Waals surface area contributed by atoms with Gasteiger partial charge in [-0.1, -0.05) is 24.3 Å². The molecule has 1 unspecified atom stereocenters. The SMILES string of the molecule is [CH2]c1ccc(C2CNC(=O)N2C=O)cc1. The molecule has 1 saturated heterocycles. The van der Waals surface area contributed by atoms with Crippen LogP contribution in [0.3, 0.4) is 0 Å². The van der Waals surface area contributed by atoms with E-state index in [4.69, 9.17) is 0 Å². The van der Waals surface area contributed by atoms with Gasteiger partial charge in [-0.15, -0.1) is 0 Å². The van der Waals surface area contributed by atoms with Gasteiger partial charge < -0.3 is 5.32 Å². The molecular formula is C11H11N2O2. The van der Waals surface area contributed by atoms with E-state index in [-0.39, 0.29) is 12.1 Å². The van der Waals surface area contributed by atoms with E-state index in [9.17, 15) is 9.59 Å². The fourth-order valence-corrected chi connectivity index (χ4v) is 1.65. The molecule has 1 radical (unpaired) electrons. The molecular weight excluding hydrogens is 192 g/mol. The van der Waals surface area contributed by atoms with Crippen molar-refractivity contribution in [1.29, 1.82) is 0 Å². The van der Waals surface area contributed by atoms with Gasteiger partial charge in [-0.25, -0.2) is 4.79 Å². The van der Waals surface area contributed by atoms with E-state index in [0.717, 1.165) is 16.0 Å². The zero-order valence-corrected chi connectivity index (χ0v) is 8.14. The molecule has 0 bridgehead atoms. The highest BCUT2D eigenvalue weighted by Gasteiger charge is 2.31. The van der Waals surface area contributed by atoms with Gasteiger partial charge in [0.15, 0.2) is 0 Å². The molecule has 2 rings (SSSR count). The molecule has 1 aliphatic heterocycles. The van der Waals surface area contributed by atoms with Crippen LogP contribution in [0.2, 0.25) is 0 Å². The lowest BCUT2D eigenvalue weighted by Crippen LogP contribution is -2.28. The van der Waals surface area contributed by atoms with Crippen LogP contribution in [0.1, 0.15) is 17.2 Å². The second-order valence-electron chi connectivity index (χ2n) is 3.46. The van der Waals surface area contributed by atoms with Gasteiger partial charge in [0.05, 0.1) is 6.04 Å². The first kappa shape index (κ1) is 9.71. The Hall–Kier alpha value is -1.84. The quantitative estimate of drug-likeness (QED) is 0.731. The zero-order chi connectivity index (χ0) is 10.8.